The predicted octanol–water partition coefficient (Wildman–Crippen LogP) is 2.12. The van der Waals surface area contributed by atoms with Gasteiger partial charge in [-0.05, 0) is 241 Å². The maximum Gasteiger partial charge on any atom is 0.216 e. The van der Waals surface area contributed by atoms with E-state index in [-0.39, 0.29) is 0 Å². The maximum absolute atomic E-state index is 2.83. The van der Waals surface area contributed by atoms with E-state index in [0.717, 1.165) is 0 Å². The maximum atomic E-state index is 2.83. The van der Waals surface area contributed by atoms with Gasteiger partial charge in [0.1, 0.15) is 0 Å². The Morgan fingerprint density at radius 1 is 0.178 bits per heavy atom. The fourth-order valence-electron chi connectivity index (χ4n) is 1.69. The Balaban J connectivity index is 6.62. The van der Waals surface area contributed by atoms with E-state index in [0.29, 0.717) is 0 Å². The van der Waals surface area contributed by atoms with E-state index >= 15 is 0 Å². The molecule has 0 aliphatic heterocycles. The lowest BCUT2D eigenvalue weighted by atomic mass is 9.90. The minimum atomic E-state index is -1.53. The zero-order chi connectivity index (χ0) is 32.8. The molecule has 0 saturated heterocycles. The first-order valence-corrected chi connectivity index (χ1v) is 12.0. The number of hydrogen-bond donors (Lipinski definition) is 0. The molecule has 0 aliphatic rings. The molecular weight excluding hydrogens is 540 g/mol. The number of rotatable bonds is 0. The lowest BCUT2D eigenvalue weighted by Gasteiger charge is -2.04. The third kappa shape index (κ3) is 25.2. The molecule has 45 heavy (non-hydrogen) atoms. The van der Waals surface area contributed by atoms with Crippen LogP contribution in [0.2, 0.25) is 0 Å². The summed E-state index contributed by atoms with van der Waals surface area (Å²) in [5, 5.41) is 0. The fourth-order valence-corrected chi connectivity index (χ4v) is 1.69. The van der Waals surface area contributed by atoms with Gasteiger partial charge in [-0.15, -0.1) is 0 Å². The smallest absolute Gasteiger partial charge is 0.0925 e. The molecule has 192 valence electrons. The predicted molar refractivity (Wildman–Crippen MR) is 181 cm³/mol. The average molecular weight is 553 g/mol. The van der Waals surface area contributed by atoms with Crippen molar-refractivity contribution in [1.29, 1.82) is 0 Å². The van der Waals surface area contributed by atoms with Crippen molar-refractivity contribution >= 4 is 0 Å². The monoisotopic (exact) mass is 552 g/mol. The highest BCUT2D eigenvalue weighted by atomic mass is 14.1. The quantitative estimate of drug-likeness (QED) is 0.404. The molecular formula is C45H12. The van der Waals surface area contributed by atoms with Gasteiger partial charge in [-0.25, -0.2) is 0 Å². The molecule has 0 aromatic heterocycles. The van der Waals surface area contributed by atoms with Crippen LogP contribution in [0.15, 0.2) is 0 Å². The molecule has 0 aromatic rings. The second-order valence-corrected chi connectivity index (χ2v) is 6.25. The zero-order valence-electron chi connectivity index (χ0n) is 24.5. The molecule has 0 aromatic carbocycles. The van der Waals surface area contributed by atoms with Crippen molar-refractivity contribution in [2.75, 3.05) is 0 Å². The second-order valence-electron chi connectivity index (χ2n) is 6.25. The molecule has 0 bridgehead atoms. The van der Waals surface area contributed by atoms with Gasteiger partial charge in [-0.2, -0.15) is 0 Å². The van der Waals surface area contributed by atoms with Crippen molar-refractivity contribution in [3.63, 3.8) is 0 Å². The van der Waals surface area contributed by atoms with Crippen LogP contribution in [-0.2, 0) is 0 Å². The third-order valence-electron chi connectivity index (χ3n) is 3.25. The molecule has 0 saturated carbocycles. The van der Waals surface area contributed by atoms with E-state index < -0.39 is 5.41 Å². The van der Waals surface area contributed by atoms with E-state index in [9.17, 15) is 0 Å². The summed E-state index contributed by atoms with van der Waals surface area (Å²) in [6, 6.07) is 0. The van der Waals surface area contributed by atoms with Crippen molar-refractivity contribution in [2.24, 2.45) is 5.41 Å². The average Bonchev–Trinajstić information content (AvgIpc) is 3.05. The third-order valence-corrected chi connectivity index (χ3v) is 3.25. The van der Waals surface area contributed by atoms with E-state index in [1.807, 2.05) is 0 Å². The summed E-state index contributed by atoms with van der Waals surface area (Å²) < 4.78 is 0. The Hall–Kier alpha value is -8.80. The molecule has 0 spiro atoms. The SMILES string of the molecule is CC#CC#CC#CC#CC#CC#CC#CC#CC(C#CC#CC#CC#CC)(C#CC#CC#CC#CC)C#CC#CC#CC#CC. The van der Waals surface area contributed by atoms with Gasteiger partial charge in [0.15, 0.2) is 0 Å². The van der Waals surface area contributed by atoms with Gasteiger partial charge in [0.25, 0.3) is 0 Å². The molecule has 0 heterocycles. The highest BCUT2D eigenvalue weighted by molar-refractivity contribution is 5.57. The van der Waals surface area contributed by atoms with Gasteiger partial charge in [0.2, 0.25) is 5.41 Å². The van der Waals surface area contributed by atoms with Crippen LogP contribution in [0.25, 0.3) is 0 Å². The van der Waals surface area contributed by atoms with E-state index in [4.69, 9.17) is 0 Å². The topological polar surface area (TPSA) is 0 Å². The fraction of sp³-hybridized carbons (Fsp3) is 0.111. The van der Waals surface area contributed by atoms with Gasteiger partial charge < -0.3 is 0 Å². The van der Waals surface area contributed by atoms with Crippen LogP contribution in [0.5, 0.6) is 0 Å². The summed E-state index contributed by atoms with van der Waals surface area (Å²) in [5.41, 5.74) is -1.53. The molecule has 0 N–H and O–H groups in total. The van der Waals surface area contributed by atoms with Gasteiger partial charge in [-0.3, -0.25) is 0 Å². The molecule has 0 rings (SSSR count). The highest BCUT2D eigenvalue weighted by Crippen LogP contribution is 2.12. The van der Waals surface area contributed by atoms with Crippen LogP contribution in [-0.4, -0.2) is 0 Å². The lowest BCUT2D eigenvalue weighted by molar-refractivity contribution is 0.989. The Labute approximate surface area is 269 Å². The molecule has 0 fully saturated rings. The van der Waals surface area contributed by atoms with Crippen LogP contribution >= 0.6 is 0 Å². The molecule has 0 atom stereocenters. The molecule has 0 amide bonds. The molecule has 0 aliphatic carbocycles. The Bertz CT molecular complexity index is 2340. The summed E-state index contributed by atoms with van der Waals surface area (Å²) in [6.07, 6.45) is 0. The first kappa shape index (κ1) is 36.2. The lowest BCUT2D eigenvalue weighted by Crippen LogP contribution is -2.11. The molecule has 0 nitrogen and oxygen atoms in total. The van der Waals surface area contributed by atoms with Gasteiger partial charge in [0, 0.05) is 0 Å². The van der Waals surface area contributed by atoms with Crippen LogP contribution < -0.4 is 0 Å². The van der Waals surface area contributed by atoms with Crippen molar-refractivity contribution in [2.45, 2.75) is 27.7 Å². The largest absolute Gasteiger partial charge is 0.216 e. The van der Waals surface area contributed by atoms with Crippen molar-refractivity contribution in [1.82, 2.24) is 0 Å². The minimum Gasteiger partial charge on any atom is -0.0925 e. The normalized spacial score (nSPS) is 4.89. The van der Waals surface area contributed by atoms with Gasteiger partial charge >= 0.3 is 0 Å². The second kappa shape index (κ2) is 29.8. The standard InChI is InChI=1S/C45H12/c1-5-9-13-17-21-22-23-24-25-26-27-28-32-36-40-44-45(41-37-33-29-18-14-10-6-2,42-38-34-30-19-15-11-7-3)43-39-35-31-20-16-12-8-4/h1-4H3. The first-order chi connectivity index (χ1) is 22.2. The van der Waals surface area contributed by atoms with E-state index in [1.165, 1.54) is 0 Å². The Morgan fingerprint density at radius 3 is 0.467 bits per heavy atom. The summed E-state index contributed by atoms with van der Waals surface area (Å²) >= 11 is 0. The van der Waals surface area contributed by atoms with Crippen LogP contribution in [0, 0.1) is 242 Å². The first-order valence-electron chi connectivity index (χ1n) is 12.0. The summed E-state index contributed by atoms with van der Waals surface area (Å²) in [7, 11) is 0. The summed E-state index contributed by atoms with van der Waals surface area (Å²) in [6.45, 7) is 6.69. The summed E-state index contributed by atoms with van der Waals surface area (Å²) in [4.78, 5) is 0. The van der Waals surface area contributed by atoms with Crippen LogP contribution in [0.1, 0.15) is 27.7 Å². The van der Waals surface area contributed by atoms with Crippen LogP contribution in [0.4, 0.5) is 0 Å². The van der Waals surface area contributed by atoms with Crippen molar-refractivity contribution in [3.8, 4) is 237 Å². The minimum absolute atomic E-state index is 1.53. The molecule has 0 radical (unpaired) electrons. The highest BCUT2D eigenvalue weighted by Gasteiger charge is 2.19. The van der Waals surface area contributed by atoms with Crippen LogP contribution in [0.3, 0.4) is 0 Å². The van der Waals surface area contributed by atoms with Gasteiger partial charge in [0.05, 0.1) is 0 Å². The molecule has 0 heteroatoms. The van der Waals surface area contributed by atoms with E-state index in [1.54, 1.807) is 27.7 Å². The van der Waals surface area contributed by atoms with Crippen molar-refractivity contribution < 1.29 is 0 Å². The zero-order valence-corrected chi connectivity index (χ0v) is 24.5. The number of hydrogen-bond acceptors (Lipinski definition) is 0. The molecule has 0 unspecified atom stereocenters. The van der Waals surface area contributed by atoms with Gasteiger partial charge in [-0.1, -0.05) is 23.7 Å². The Kier molecular flexibility index (Phi) is 23.9. The summed E-state index contributed by atoms with van der Waals surface area (Å²) in [5.74, 6) is 104. The van der Waals surface area contributed by atoms with E-state index in [2.05, 4.69) is 237 Å². The van der Waals surface area contributed by atoms with Crippen molar-refractivity contribution in [3.05, 3.63) is 0 Å². The Morgan fingerprint density at radius 2 is 0.311 bits per heavy atom.